The highest BCUT2D eigenvalue weighted by atomic mass is 32.1. The Labute approximate surface area is 252 Å². The summed E-state index contributed by atoms with van der Waals surface area (Å²) in [5, 5.41) is 21.4. The first-order valence-corrected chi connectivity index (χ1v) is 15.2. The van der Waals surface area contributed by atoms with E-state index in [9.17, 15) is 9.59 Å². The van der Waals surface area contributed by atoms with E-state index < -0.39 is 5.97 Å². The van der Waals surface area contributed by atoms with Crippen LogP contribution in [0, 0.1) is 6.92 Å². The average Bonchev–Trinajstić information content (AvgIpc) is 3.81. The highest BCUT2D eigenvalue weighted by Crippen LogP contribution is 2.35. The number of ether oxygens (including phenoxy) is 1. The van der Waals surface area contributed by atoms with Gasteiger partial charge in [-0.05, 0) is 43.9 Å². The Morgan fingerprint density at radius 1 is 1.12 bits per heavy atom. The van der Waals surface area contributed by atoms with Gasteiger partial charge in [-0.25, -0.2) is 9.78 Å². The fourth-order valence-electron chi connectivity index (χ4n) is 5.29. The van der Waals surface area contributed by atoms with Crippen molar-refractivity contribution >= 4 is 45.9 Å². The molecule has 0 unspecified atom stereocenters. The molecule has 1 amide bonds. The maximum atomic E-state index is 12.3. The number of nitrogens with one attached hydrogen (secondary N) is 3. The molecule has 1 fully saturated rings. The molecule has 1 aromatic carbocycles. The smallest absolute Gasteiger partial charge is 0.350 e. The van der Waals surface area contributed by atoms with Crippen LogP contribution in [-0.4, -0.2) is 85.1 Å². The molecule has 6 rings (SSSR count). The van der Waals surface area contributed by atoms with Gasteiger partial charge in [-0.15, -0.1) is 10.2 Å². The molecule has 0 radical (unpaired) electrons. The maximum Gasteiger partial charge on any atom is 0.350 e. The molecule has 15 heteroatoms. The van der Waals surface area contributed by atoms with Gasteiger partial charge < -0.3 is 19.9 Å². The van der Waals surface area contributed by atoms with Gasteiger partial charge in [0.1, 0.15) is 16.5 Å². The van der Waals surface area contributed by atoms with Crippen molar-refractivity contribution < 1.29 is 14.3 Å². The number of nitrogens with zero attached hydrogens (tertiary/aromatic N) is 8. The summed E-state index contributed by atoms with van der Waals surface area (Å²) in [6, 6.07) is 8.07. The fraction of sp³-hybridized carbons (Fsp3) is 0.429. The van der Waals surface area contributed by atoms with Gasteiger partial charge in [0.25, 0.3) is 0 Å². The number of hydrogen-bond donors (Lipinski definition) is 3. The normalized spacial score (nSPS) is 14.3. The molecule has 0 atom stereocenters. The third-order valence-corrected chi connectivity index (χ3v) is 8.45. The van der Waals surface area contributed by atoms with Crippen molar-refractivity contribution in [2.45, 2.75) is 46.1 Å². The van der Waals surface area contributed by atoms with Gasteiger partial charge in [0.05, 0.1) is 12.3 Å². The molecule has 0 saturated carbocycles. The van der Waals surface area contributed by atoms with Crippen molar-refractivity contribution in [1.29, 1.82) is 0 Å². The number of anilines is 4. The lowest BCUT2D eigenvalue weighted by atomic mass is 10.1. The largest absolute Gasteiger partial charge is 0.462 e. The predicted molar refractivity (Wildman–Crippen MR) is 161 cm³/mol. The van der Waals surface area contributed by atoms with Crippen molar-refractivity contribution in [3.05, 3.63) is 46.0 Å². The van der Waals surface area contributed by atoms with Crippen LogP contribution in [0.4, 0.5) is 22.7 Å². The second kappa shape index (κ2) is 12.7. The van der Waals surface area contributed by atoms with Crippen LogP contribution in [0.25, 0.3) is 11.4 Å². The number of carbonyl (C=O) groups excluding carboxylic acids is 2. The van der Waals surface area contributed by atoms with Crippen LogP contribution in [0.5, 0.6) is 0 Å². The quantitative estimate of drug-likeness (QED) is 0.160. The molecule has 5 heterocycles. The zero-order chi connectivity index (χ0) is 29.8. The van der Waals surface area contributed by atoms with Crippen molar-refractivity contribution in [3.8, 4) is 11.4 Å². The summed E-state index contributed by atoms with van der Waals surface area (Å²) >= 11 is 1.22. The second-order valence-electron chi connectivity index (χ2n) is 10.3. The summed E-state index contributed by atoms with van der Waals surface area (Å²) in [7, 11) is 0. The Balaban J connectivity index is 1.22. The number of aryl methyl sites for hydroxylation is 1. The summed E-state index contributed by atoms with van der Waals surface area (Å²) < 4.78 is 5.17. The molecule has 2 aliphatic rings. The molecule has 2 aliphatic heterocycles. The van der Waals surface area contributed by atoms with E-state index in [4.69, 9.17) is 14.7 Å². The van der Waals surface area contributed by atoms with Gasteiger partial charge >= 0.3 is 5.97 Å². The number of benzene rings is 1. The topological polar surface area (TPSA) is 167 Å². The minimum atomic E-state index is -0.393. The number of rotatable bonds is 12. The van der Waals surface area contributed by atoms with Crippen molar-refractivity contribution in [2.75, 3.05) is 48.3 Å². The number of thiazole rings is 1. The molecule has 14 nitrogen and oxygen atoms in total. The highest BCUT2D eigenvalue weighted by Gasteiger charge is 2.27. The molecule has 0 spiro atoms. The van der Waals surface area contributed by atoms with Crippen LogP contribution in [0.3, 0.4) is 0 Å². The van der Waals surface area contributed by atoms with Gasteiger partial charge in [-0.3, -0.25) is 10.1 Å². The molecular formula is C28H33N11O3S. The Kier molecular flexibility index (Phi) is 8.40. The molecule has 0 bridgehead atoms. The number of tetrazole rings is 1. The van der Waals surface area contributed by atoms with Gasteiger partial charge in [0, 0.05) is 50.3 Å². The first kappa shape index (κ1) is 28.5. The molecule has 3 N–H and O–H groups in total. The maximum absolute atomic E-state index is 12.3. The minimum Gasteiger partial charge on any atom is -0.462 e. The monoisotopic (exact) mass is 603 g/mol. The molecule has 0 aliphatic carbocycles. The van der Waals surface area contributed by atoms with Crippen LogP contribution in [0.15, 0.2) is 24.3 Å². The van der Waals surface area contributed by atoms with E-state index in [1.165, 1.54) is 11.3 Å². The molecular weight excluding hydrogens is 570 g/mol. The van der Waals surface area contributed by atoms with Gasteiger partial charge in [-0.1, -0.05) is 35.6 Å². The van der Waals surface area contributed by atoms with E-state index >= 15 is 0 Å². The van der Waals surface area contributed by atoms with E-state index in [-0.39, 0.29) is 5.91 Å². The number of amides is 1. The summed E-state index contributed by atoms with van der Waals surface area (Å²) in [6.07, 6.45) is 3.20. The number of aromatic amines is 1. The van der Waals surface area contributed by atoms with Crippen LogP contribution >= 0.6 is 11.3 Å². The summed E-state index contributed by atoms with van der Waals surface area (Å²) in [5.74, 6) is 2.38. The molecule has 3 aromatic heterocycles. The van der Waals surface area contributed by atoms with Crippen molar-refractivity contribution in [1.82, 2.24) is 40.5 Å². The Morgan fingerprint density at radius 2 is 1.98 bits per heavy atom. The van der Waals surface area contributed by atoms with E-state index in [0.717, 1.165) is 67.2 Å². The molecule has 4 aromatic rings. The fourth-order valence-corrected chi connectivity index (χ4v) is 6.14. The Bertz CT molecular complexity index is 1590. The lowest BCUT2D eigenvalue weighted by molar-refractivity contribution is -0.127. The van der Waals surface area contributed by atoms with Crippen LogP contribution in [0.1, 0.15) is 52.7 Å². The lowest BCUT2D eigenvalue weighted by Crippen LogP contribution is -2.27. The van der Waals surface area contributed by atoms with Crippen LogP contribution in [0.2, 0.25) is 0 Å². The Morgan fingerprint density at radius 3 is 2.72 bits per heavy atom. The van der Waals surface area contributed by atoms with Gasteiger partial charge in [-0.2, -0.15) is 15.2 Å². The number of likely N-dealkylation sites (tertiary alicyclic amines) is 1. The standard InChI is InChI=1S/C28H33N11O3S/c1-3-42-26(41)22-17(2)30-28(43-22)33-27-31-24(29-12-5-14-38-13-4-6-21(38)40)20-11-15-39(25(20)32-27)16-18-7-9-19(10-8-18)23-34-36-37-35-23/h7-10H,3-6,11-16H2,1-2H3,(H,34,35,36,37)(H2,29,30,31,32,33). The summed E-state index contributed by atoms with van der Waals surface area (Å²) in [6.45, 7) is 7.54. The predicted octanol–water partition coefficient (Wildman–Crippen LogP) is 3.33. The number of aromatic nitrogens is 7. The first-order chi connectivity index (χ1) is 21.0. The minimum absolute atomic E-state index is 0.233. The SMILES string of the molecule is CCOC(=O)c1sc(Nc2nc(NCCCN3CCCC3=O)c3c(n2)N(Cc2ccc(-c4nn[nH]n4)cc2)CC3)nc1C. The Hall–Kier alpha value is -4.66. The van der Waals surface area contributed by atoms with Gasteiger partial charge in [0.2, 0.25) is 17.7 Å². The van der Waals surface area contributed by atoms with E-state index in [1.807, 2.05) is 17.0 Å². The molecule has 1 saturated heterocycles. The number of hydrogen-bond acceptors (Lipinski definition) is 13. The van der Waals surface area contributed by atoms with E-state index in [0.29, 0.717) is 53.6 Å². The van der Waals surface area contributed by atoms with E-state index in [2.05, 4.69) is 53.3 Å². The number of esters is 1. The van der Waals surface area contributed by atoms with Crippen LogP contribution < -0.4 is 15.5 Å². The third-order valence-electron chi connectivity index (χ3n) is 7.39. The lowest BCUT2D eigenvalue weighted by Gasteiger charge is -2.20. The summed E-state index contributed by atoms with van der Waals surface area (Å²) in [5.41, 5.74) is 3.64. The zero-order valence-corrected chi connectivity index (χ0v) is 24.9. The first-order valence-electron chi connectivity index (χ1n) is 14.4. The number of carbonyl (C=O) groups is 2. The number of H-pyrrole nitrogens is 1. The second-order valence-corrected chi connectivity index (χ2v) is 11.3. The highest BCUT2D eigenvalue weighted by molar-refractivity contribution is 7.17. The molecule has 224 valence electrons. The van der Waals surface area contributed by atoms with Crippen LogP contribution in [-0.2, 0) is 22.5 Å². The summed E-state index contributed by atoms with van der Waals surface area (Å²) in [4.78, 5) is 43.2. The van der Waals surface area contributed by atoms with Crippen molar-refractivity contribution in [3.63, 3.8) is 0 Å². The van der Waals surface area contributed by atoms with E-state index in [1.54, 1.807) is 13.8 Å². The van der Waals surface area contributed by atoms with Gasteiger partial charge in [0.15, 0.2) is 5.13 Å². The zero-order valence-electron chi connectivity index (χ0n) is 24.1. The molecule has 43 heavy (non-hydrogen) atoms. The number of fused-ring (bicyclic) bond motifs is 1. The van der Waals surface area contributed by atoms with Crippen molar-refractivity contribution in [2.24, 2.45) is 0 Å². The third kappa shape index (κ3) is 6.40. The average molecular weight is 604 g/mol.